The number of benzene rings is 2. The van der Waals surface area contributed by atoms with Gasteiger partial charge in [-0.3, -0.25) is 0 Å². The normalized spacial score (nSPS) is 16.0. The summed E-state index contributed by atoms with van der Waals surface area (Å²) < 4.78 is 11.8. The molecule has 1 N–H and O–H groups in total. The Labute approximate surface area is 179 Å². The van der Waals surface area contributed by atoms with Crippen molar-refractivity contribution in [3.05, 3.63) is 88.3 Å². The van der Waals surface area contributed by atoms with E-state index in [-0.39, 0.29) is 11.9 Å². The summed E-state index contributed by atoms with van der Waals surface area (Å²) in [6, 6.07) is 16.2. The van der Waals surface area contributed by atoms with E-state index >= 15 is 0 Å². The van der Waals surface area contributed by atoms with E-state index in [0.29, 0.717) is 18.8 Å². The van der Waals surface area contributed by atoms with Crippen LogP contribution in [0.15, 0.2) is 71.6 Å². The summed E-state index contributed by atoms with van der Waals surface area (Å²) in [5.74, 6) is 0.298. The third-order valence-corrected chi connectivity index (χ3v) is 5.20. The fourth-order valence-corrected chi connectivity index (χ4v) is 3.72. The number of carbonyl (C=O) groups excluding carboxylic acids is 1. The maximum Gasteiger partial charge on any atom is 0.336 e. The lowest BCUT2D eigenvalue weighted by Crippen LogP contribution is -2.26. The number of nitrogens with one attached hydrogen (secondary N) is 1. The summed E-state index contributed by atoms with van der Waals surface area (Å²) >= 11 is 0. The first kappa shape index (κ1) is 21.7. The molecule has 1 atom stereocenters. The number of unbranched alkanes of at least 4 members (excludes halogenated alkanes) is 1. The fraction of sp³-hybridized carbons (Fsp3) is 0.346. The fourth-order valence-electron chi connectivity index (χ4n) is 3.72. The molecule has 0 radical (unpaired) electrons. The van der Waals surface area contributed by atoms with Crippen molar-refractivity contribution in [2.45, 2.75) is 53.1 Å². The highest BCUT2D eigenvalue weighted by Gasteiger charge is 2.30. The third-order valence-electron chi connectivity index (χ3n) is 5.20. The Morgan fingerprint density at radius 1 is 1.07 bits per heavy atom. The van der Waals surface area contributed by atoms with Gasteiger partial charge in [-0.2, -0.15) is 0 Å². The van der Waals surface area contributed by atoms with Crippen LogP contribution in [-0.4, -0.2) is 12.6 Å². The van der Waals surface area contributed by atoms with Crippen molar-refractivity contribution in [2.75, 3.05) is 6.61 Å². The van der Waals surface area contributed by atoms with Gasteiger partial charge in [0.05, 0.1) is 12.2 Å². The molecule has 4 nitrogen and oxygen atoms in total. The maximum atomic E-state index is 12.9. The molecule has 1 aliphatic heterocycles. The molecule has 0 saturated heterocycles. The van der Waals surface area contributed by atoms with Crippen LogP contribution in [0.25, 0.3) is 0 Å². The first-order valence-electron chi connectivity index (χ1n) is 10.6. The molecule has 0 amide bonds. The van der Waals surface area contributed by atoms with Crippen molar-refractivity contribution < 1.29 is 14.3 Å². The topological polar surface area (TPSA) is 47.6 Å². The number of carbonyl (C=O) groups is 1. The minimum Gasteiger partial charge on any atom is -0.489 e. The highest BCUT2D eigenvalue weighted by Crippen LogP contribution is 2.37. The molecule has 0 saturated carbocycles. The number of hydrogen-bond acceptors (Lipinski definition) is 4. The van der Waals surface area contributed by atoms with Crippen LogP contribution in [0.5, 0.6) is 5.75 Å². The minimum absolute atomic E-state index is 0.214. The Morgan fingerprint density at radius 2 is 1.87 bits per heavy atom. The first-order chi connectivity index (χ1) is 14.5. The number of allylic oxidation sites excluding steroid dienone is 3. The molecule has 2 aromatic carbocycles. The van der Waals surface area contributed by atoms with Crippen LogP contribution >= 0.6 is 0 Å². The number of ether oxygens (including phenoxy) is 2. The van der Waals surface area contributed by atoms with Gasteiger partial charge in [0.2, 0.25) is 0 Å². The van der Waals surface area contributed by atoms with Gasteiger partial charge in [-0.1, -0.05) is 67.4 Å². The zero-order valence-corrected chi connectivity index (χ0v) is 18.3. The van der Waals surface area contributed by atoms with Crippen molar-refractivity contribution in [2.24, 2.45) is 0 Å². The molecular weight excluding hydrogens is 374 g/mol. The molecule has 1 unspecified atom stereocenters. The molecule has 2 aromatic rings. The van der Waals surface area contributed by atoms with E-state index in [0.717, 1.165) is 41.1 Å². The first-order valence-corrected chi connectivity index (χ1v) is 10.6. The third kappa shape index (κ3) is 5.32. The van der Waals surface area contributed by atoms with Gasteiger partial charge in [0.1, 0.15) is 12.4 Å². The van der Waals surface area contributed by atoms with Gasteiger partial charge in [0.25, 0.3) is 0 Å². The monoisotopic (exact) mass is 405 g/mol. The second-order valence-electron chi connectivity index (χ2n) is 7.80. The standard InChI is InChI=1S/C26H31NO3/c1-5-6-14-29-26(28)25-20(4)27-19(3)16-23(25)22-12-7-8-13-24(22)30-17-21-11-9-10-18(2)15-21/h7-13,15-16,23,27H,5-6,14,17H2,1-4H3. The summed E-state index contributed by atoms with van der Waals surface area (Å²) in [4.78, 5) is 12.9. The number of rotatable bonds is 8. The Bertz CT molecular complexity index is 958. The van der Waals surface area contributed by atoms with Gasteiger partial charge < -0.3 is 14.8 Å². The van der Waals surface area contributed by atoms with E-state index in [1.165, 1.54) is 5.56 Å². The Balaban J connectivity index is 1.88. The Kier molecular flexibility index (Phi) is 7.34. The zero-order chi connectivity index (χ0) is 21.5. The minimum atomic E-state index is -0.268. The molecule has 1 aliphatic rings. The summed E-state index contributed by atoms with van der Waals surface area (Å²) in [5.41, 5.74) is 5.77. The van der Waals surface area contributed by atoms with Crippen LogP contribution in [0.2, 0.25) is 0 Å². The molecule has 0 aromatic heterocycles. The smallest absolute Gasteiger partial charge is 0.336 e. The van der Waals surface area contributed by atoms with Gasteiger partial charge in [-0.25, -0.2) is 4.79 Å². The molecule has 4 heteroatoms. The summed E-state index contributed by atoms with van der Waals surface area (Å²) in [6.07, 6.45) is 3.92. The van der Waals surface area contributed by atoms with Crippen LogP contribution in [-0.2, 0) is 16.1 Å². The molecule has 30 heavy (non-hydrogen) atoms. The average molecular weight is 406 g/mol. The number of para-hydroxylation sites is 1. The molecule has 3 rings (SSSR count). The Morgan fingerprint density at radius 3 is 2.63 bits per heavy atom. The van der Waals surface area contributed by atoms with Gasteiger partial charge in [-0.15, -0.1) is 0 Å². The van der Waals surface area contributed by atoms with Crippen LogP contribution in [0.4, 0.5) is 0 Å². The molecular formula is C26H31NO3. The summed E-state index contributed by atoms with van der Waals surface area (Å²) in [7, 11) is 0. The summed E-state index contributed by atoms with van der Waals surface area (Å²) in [5, 5.41) is 3.28. The van der Waals surface area contributed by atoms with Gasteiger partial charge in [0, 0.05) is 22.9 Å². The van der Waals surface area contributed by atoms with Crippen molar-refractivity contribution in [3.8, 4) is 5.75 Å². The molecule has 1 heterocycles. The van der Waals surface area contributed by atoms with Gasteiger partial charge >= 0.3 is 5.97 Å². The van der Waals surface area contributed by atoms with Crippen LogP contribution in [0, 0.1) is 6.92 Å². The quantitative estimate of drug-likeness (QED) is 0.447. The summed E-state index contributed by atoms with van der Waals surface area (Å²) in [6.45, 7) is 9.00. The Hall–Kier alpha value is -3.01. The van der Waals surface area contributed by atoms with Crippen molar-refractivity contribution in [3.63, 3.8) is 0 Å². The van der Waals surface area contributed by atoms with Crippen LogP contribution in [0.3, 0.4) is 0 Å². The van der Waals surface area contributed by atoms with Crippen molar-refractivity contribution in [1.82, 2.24) is 5.32 Å². The molecule has 0 fully saturated rings. The van der Waals surface area contributed by atoms with E-state index in [1.54, 1.807) is 0 Å². The highest BCUT2D eigenvalue weighted by molar-refractivity contribution is 5.92. The second-order valence-corrected chi connectivity index (χ2v) is 7.80. The molecule has 0 spiro atoms. The predicted octanol–water partition coefficient (Wildman–Crippen LogP) is 5.78. The largest absolute Gasteiger partial charge is 0.489 e. The SMILES string of the molecule is CCCCOC(=O)C1=C(C)NC(C)=CC1c1ccccc1OCc1cccc(C)c1. The average Bonchev–Trinajstić information content (AvgIpc) is 2.72. The van der Waals surface area contributed by atoms with E-state index in [9.17, 15) is 4.79 Å². The lowest BCUT2D eigenvalue weighted by molar-refractivity contribution is -0.139. The number of dihydropyridines is 1. The molecule has 158 valence electrons. The highest BCUT2D eigenvalue weighted by atomic mass is 16.5. The lowest BCUT2D eigenvalue weighted by Gasteiger charge is -2.27. The predicted molar refractivity (Wildman–Crippen MR) is 120 cm³/mol. The molecule has 0 bridgehead atoms. The van der Waals surface area contributed by atoms with Crippen molar-refractivity contribution in [1.29, 1.82) is 0 Å². The molecule has 0 aliphatic carbocycles. The van der Waals surface area contributed by atoms with Gasteiger partial charge in [-0.05, 0) is 38.8 Å². The number of aryl methyl sites for hydroxylation is 1. The van der Waals surface area contributed by atoms with E-state index in [4.69, 9.17) is 9.47 Å². The van der Waals surface area contributed by atoms with Crippen LogP contribution in [0.1, 0.15) is 56.2 Å². The van der Waals surface area contributed by atoms with E-state index in [2.05, 4.69) is 43.4 Å². The van der Waals surface area contributed by atoms with Crippen molar-refractivity contribution >= 4 is 5.97 Å². The lowest BCUT2D eigenvalue weighted by atomic mass is 9.86. The van der Waals surface area contributed by atoms with E-state index < -0.39 is 0 Å². The van der Waals surface area contributed by atoms with Gasteiger partial charge in [0.15, 0.2) is 0 Å². The van der Waals surface area contributed by atoms with E-state index in [1.807, 2.05) is 44.2 Å². The maximum absolute atomic E-state index is 12.9. The number of esters is 1. The number of hydrogen-bond donors (Lipinski definition) is 1. The van der Waals surface area contributed by atoms with Crippen LogP contribution < -0.4 is 10.1 Å². The second kappa shape index (κ2) is 10.1. The zero-order valence-electron chi connectivity index (χ0n) is 18.3.